The van der Waals surface area contributed by atoms with Gasteiger partial charge in [0.15, 0.2) is 0 Å². The molecule has 25 heavy (non-hydrogen) atoms. The summed E-state index contributed by atoms with van der Waals surface area (Å²) in [5.74, 6) is 0.511. The second-order valence-electron chi connectivity index (χ2n) is 9.04. The summed E-state index contributed by atoms with van der Waals surface area (Å²) < 4.78 is 6.95. The number of allylic oxidation sites excluding steroid dienone is 2. The highest BCUT2D eigenvalue weighted by atomic mass is 16.5. The molecular weight excluding hydrogens is 310 g/mol. The average molecular weight is 341 g/mol. The topological polar surface area (TPSA) is 71.5 Å². The molecule has 2 heterocycles. The number of nitrogens with two attached hydrogens (primary N) is 1. The molecule has 4 nitrogen and oxygen atoms in total. The smallest absolute Gasteiger partial charge is 0.0843 e. The van der Waals surface area contributed by atoms with Gasteiger partial charge < -0.3 is 15.9 Å². The Morgan fingerprint density at radius 3 is 2.84 bits per heavy atom. The Morgan fingerprint density at radius 2 is 2.16 bits per heavy atom. The summed E-state index contributed by atoms with van der Waals surface area (Å²) in [6, 6.07) is 0. The fourth-order valence-corrected chi connectivity index (χ4v) is 6.76. The molecule has 2 saturated heterocycles. The largest absolute Gasteiger partial charge is 0.367 e. The van der Waals surface area contributed by atoms with Gasteiger partial charge in [0.05, 0.1) is 11.2 Å². The van der Waals surface area contributed by atoms with Crippen LogP contribution in [0.15, 0.2) is 29.4 Å². The summed E-state index contributed by atoms with van der Waals surface area (Å²) in [7, 11) is 0. The number of nitrogens with one attached hydrogen (secondary N) is 1. The Labute approximate surface area is 151 Å². The lowest BCUT2D eigenvalue weighted by Crippen LogP contribution is -2.75. The second kappa shape index (κ2) is 5.37. The van der Waals surface area contributed by atoms with E-state index in [-0.39, 0.29) is 23.0 Å². The van der Waals surface area contributed by atoms with Crippen molar-refractivity contribution in [2.24, 2.45) is 28.5 Å². The number of nitrogens with zero attached hydrogens (tertiary/aromatic N) is 1. The van der Waals surface area contributed by atoms with Crippen molar-refractivity contribution in [3.8, 4) is 0 Å². The van der Waals surface area contributed by atoms with Crippen LogP contribution < -0.4 is 5.73 Å². The van der Waals surface area contributed by atoms with Gasteiger partial charge in [0.2, 0.25) is 0 Å². The van der Waals surface area contributed by atoms with E-state index in [1.807, 2.05) is 26.0 Å². The Morgan fingerprint density at radius 1 is 1.40 bits per heavy atom. The average Bonchev–Trinajstić information content (AvgIpc) is 2.71. The van der Waals surface area contributed by atoms with Gasteiger partial charge in [-0.25, -0.2) is 0 Å². The number of rotatable bonds is 3. The molecule has 0 aromatic rings. The number of hydrogen-bond donors (Lipinski definition) is 2. The van der Waals surface area contributed by atoms with Crippen molar-refractivity contribution in [1.82, 2.24) is 0 Å². The van der Waals surface area contributed by atoms with Crippen LogP contribution in [0.25, 0.3) is 0 Å². The van der Waals surface area contributed by atoms with E-state index in [2.05, 4.69) is 13.5 Å². The number of hydrogen-bond acceptors (Lipinski definition) is 4. The summed E-state index contributed by atoms with van der Waals surface area (Å²) in [4.78, 5) is 4.81. The summed E-state index contributed by atoms with van der Waals surface area (Å²) in [6.07, 6.45) is 10.1. The highest BCUT2D eigenvalue weighted by Crippen LogP contribution is 2.68. The quantitative estimate of drug-likeness (QED) is 0.601. The van der Waals surface area contributed by atoms with E-state index in [9.17, 15) is 0 Å². The summed E-state index contributed by atoms with van der Waals surface area (Å²) in [5.41, 5.74) is 9.03. The summed E-state index contributed by atoms with van der Waals surface area (Å²) in [5, 5.41) is 8.78. The maximum absolute atomic E-state index is 8.78. The van der Waals surface area contributed by atoms with Gasteiger partial charge in [0.25, 0.3) is 0 Å². The van der Waals surface area contributed by atoms with E-state index in [1.54, 1.807) is 0 Å². The molecule has 1 spiro atoms. The molecule has 4 heteroatoms. The van der Waals surface area contributed by atoms with Gasteiger partial charge in [-0.05, 0) is 46.1 Å². The lowest BCUT2D eigenvalue weighted by molar-refractivity contribution is -0.257. The van der Waals surface area contributed by atoms with Crippen LogP contribution in [0.1, 0.15) is 59.3 Å². The lowest BCUT2D eigenvalue weighted by Gasteiger charge is -2.65. The Hall–Kier alpha value is -1.26. The minimum atomic E-state index is -0.425. The normalized spacial score (nSPS) is 48.2. The van der Waals surface area contributed by atoms with Crippen molar-refractivity contribution in [3.63, 3.8) is 0 Å². The first-order valence-electron chi connectivity index (χ1n) is 9.68. The second-order valence-corrected chi connectivity index (χ2v) is 9.04. The Balaban J connectivity index is 1.85. The predicted molar refractivity (Wildman–Crippen MR) is 102 cm³/mol. The first-order chi connectivity index (χ1) is 11.8. The van der Waals surface area contributed by atoms with Gasteiger partial charge in [-0.1, -0.05) is 25.5 Å². The number of aliphatic imine (C=N–C) groups is 1. The third-order valence-electron chi connectivity index (χ3n) is 7.25. The van der Waals surface area contributed by atoms with E-state index >= 15 is 0 Å². The van der Waals surface area contributed by atoms with E-state index in [0.29, 0.717) is 5.92 Å². The molecule has 6 atom stereocenters. The van der Waals surface area contributed by atoms with Crippen LogP contribution in [0.4, 0.5) is 0 Å². The van der Waals surface area contributed by atoms with Gasteiger partial charge in [-0.3, -0.25) is 4.99 Å². The Bertz CT molecular complexity index is 691. The zero-order valence-electron chi connectivity index (χ0n) is 15.8. The summed E-state index contributed by atoms with van der Waals surface area (Å²) in [6.45, 7) is 10.1. The van der Waals surface area contributed by atoms with Gasteiger partial charge in [0.1, 0.15) is 0 Å². The first kappa shape index (κ1) is 17.2. The SMILES string of the molecule is C=C/C=C(\N=C(C)C)C1C[C@]2(N)C3CCCCC34CC(=N)C2C1(C)O4. The maximum Gasteiger partial charge on any atom is 0.0843 e. The van der Waals surface area contributed by atoms with Crippen molar-refractivity contribution in [3.05, 3.63) is 24.4 Å². The lowest BCUT2D eigenvalue weighted by atomic mass is 9.52. The molecule has 5 fully saturated rings. The molecule has 0 radical (unpaired) electrons. The fraction of sp³-hybridized carbons (Fsp3) is 0.714. The number of fused-ring (bicyclic) bond motifs is 1. The molecule has 3 N–H and O–H groups in total. The molecule has 3 aliphatic carbocycles. The molecule has 2 aliphatic heterocycles. The van der Waals surface area contributed by atoms with Gasteiger partial charge in [0, 0.05) is 46.8 Å². The third-order valence-corrected chi connectivity index (χ3v) is 7.25. The zero-order valence-corrected chi connectivity index (χ0v) is 15.8. The molecule has 4 bridgehead atoms. The third kappa shape index (κ3) is 2.13. The van der Waals surface area contributed by atoms with Crippen molar-refractivity contribution in [2.75, 3.05) is 0 Å². The van der Waals surface area contributed by atoms with Crippen molar-refractivity contribution in [2.45, 2.75) is 76.0 Å². The van der Waals surface area contributed by atoms with Crippen LogP contribution in [-0.4, -0.2) is 28.2 Å². The molecule has 5 rings (SSSR count). The van der Waals surface area contributed by atoms with Gasteiger partial charge >= 0.3 is 0 Å². The van der Waals surface area contributed by atoms with Crippen LogP contribution in [0, 0.1) is 23.2 Å². The van der Waals surface area contributed by atoms with Crippen LogP contribution in [0.5, 0.6) is 0 Å². The maximum atomic E-state index is 8.78. The Kier molecular flexibility index (Phi) is 3.69. The van der Waals surface area contributed by atoms with Crippen LogP contribution in [0.2, 0.25) is 0 Å². The van der Waals surface area contributed by atoms with Crippen LogP contribution >= 0.6 is 0 Å². The molecule has 0 aromatic heterocycles. The van der Waals surface area contributed by atoms with Gasteiger partial charge in [-0.2, -0.15) is 0 Å². The monoisotopic (exact) mass is 341 g/mol. The molecule has 0 amide bonds. The van der Waals surface area contributed by atoms with E-state index in [1.165, 1.54) is 12.8 Å². The fourth-order valence-electron chi connectivity index (χ4n) is 6.76. The number of ether oxygens (including phenoxy) is 1. The summed E-state index contributed by atoms with van der Waals surface area (Å²) >= 11 is 0. The minimum Gasteiger partial charge on any atom is -0.367 e. The molecule has 0 aromatic carbocycles. The molecular formula is C21H31N3O. The molecule has 136 valence electrons. The van der Waals surface area contributed by atoms with E-state index in [4.69, 9.17) is 20.9 Å². The first-order valence-corrected chi connectivity index (χ1v) is 9.68. The molecule has 5 unspecified atom stereocenters. The van der Waals surface area contributed by atoms with Crippen molar-refractivity contribution in [1.29, 1.82) is 5.41 Å². The molecule has 3 saturated carbocycles. The standard InChI is InChI=1S/C21H31N3O/c1-5-8-16(24-13(2)3)14-11-21(23)17-9-6-7-10-20(17)12-15(22)18(21)19(14,4)25-20/h5,8,14,17-18,22H,1,6-7,9-12,23H2,2-4H3/b16-8-,22-15?/t14?,17?,18?,19?,20?,21-/m0/s1. The zero-order chi connectivity index (χ0) is 18.0. The molecule has 5 aliphatic rings. The van der Waals surface area contributed by atoms with Crippen molar-refractivity contribution < 1.29 is 4.74 Å². The van der Waals surface area contributed by atoms with E-state index in [0.717, 1.165) is 42.8 Å². The predicted octanol–water partition coefficient (Wildman–Crippen LogP) is 4.01. The van der Waals surface area contributed by atoms with Crippen LogP contribution in [-0.2, 0) is 4.74 Å². The van der Waals surface area contributed by atoms with Crippen LogP contribution in [0.3, 0.4) is 0 Å². The van der Waals surface area contributed by atoms with Gasteiger partial charge in [-0.15, -0.1) is 0 Å². The highest BCUT2D eigenvalue weighted by Gasteiger charge is 2.76. The van der Waals surface area contributed by atoms with Crippen molar-refractivity contribution >= 4 is 11.4 Å². The van der Waals surface area contributed by atoms with E-state index < -0.39 is 5.60 Å². The highest BCUT2D eigenvalue weighted by molar-refractivity contribution is 5.90. The minimum absolute atomic E-state index is 0.00977.